The largest absolute Gasteiger partial charge is 0.341 e. The molecule has 0 radical (unpaired) electrons. The summed E-state index contributed by atoms with van der Waals surface area (Å²) in [7, 11) is 0. The van der Waals surface area contributed by atoms with Crippen LogP contribution in [0.5, 0.6) is 0 Å². The van der Waals surface area contributed by atoms with Crippen LogP contribution in [0, 0.1) is 0 Å². The summed E-state index contributed by atoms with van der Waals surface area (Å²) >= 11 is 1.92. The third-order valence-electron chi connectivity index (χ3n) is 1.96. The van der Waals surface area contributed by atoms with Gasteiger partial charge in [-0.05, 0) is 13.0 Å². The molecule has 0 unspecified atom stereocenters. The summed E-state index contributed by atoms with van der Waals surface area (Å²) in [6, 6.07) is 0. The Labute approximate surface area is 77.7 Å². The zero-order valence-electron chi connectivity index (χ0n) is 7.29. The van der Waals surface area contributed by atoms with Crippen LogP contribution in [0.1, 0.15) is 12.8 Å². The van der Waals surface area contributed by atoms with E-state index in [2.05, 4.69) is 0 Å². The average molecular weight is 188 g/mol. The van der Waals surface area contributed by atoms with Crippen molar-refractivity contribution >= 4 is 17.7 Å². The molecule has 70 valence electrons. The van der Waals surface area contributed by atoms with Crippen LogP contribution in [0.3, 0.4) is 0 Å². The second-order valence-corrected chi connectivity index (χ2v) is 4.11. The SMILES string of the molecule is NCCCC(=O)N1CCSCC1. The van der Waals surface area contributed by atoms with Gasteiger partial charge >= 0.3 is 0 Å². The van der Waals surface area contributed by atoms with Crippen molar-refractivity contribution in [3.8, 4) is 0 Å². The molecule has 2 N–H and O–H groups in total. The summed E-state index contributed by atoms with van der Waals surface area (Å²) < 4.78 is 0. The predicted molar refractivity (Wildman–Crippen MR) is 52.2 cm³/mol. The fourth-order valence-electron chi connectivity index (χ4n) is 1.22. The van der Waals surface area contributed by atoms with Crippen LogP contribution in [0.4, 0.5) is 0 Å². The third-order valence-corrected chi connectivity index (χ3v) is 2.90. The van der Waals surface area contributed by atoms with Gasteiger partial charge in [0, 0.05) is 31.0 Å². The summed E-state index contributed by atoms with van der Waals surface area (Å²) in [5.41, 5.74) is 5.33. The lowest BCUT2D eigenvalue weighted by Gasteiger charge is -2.26. The molecule has 1 rings (SSSR count). The third kappa shape index (κ3) is 3.03. The number of rotatable bonds is 3. The normalized spacial score (nSPS) is 17.9. The summed E-state index contributed by atoms with van der Waals surface area (Å²) in [6.45, 7) is 2.47. The first-order valence-corrected chi connectivity index (χ1v) is 5.55. The van der Waals surface area contributed by atoms with Gasteiger partial charge in [-0.3, -0.25) is 4.79 Å². The Bertz CT molecular complexity index is 146. The smallest absolute Gasteiger partial charge is 0.222 e. The monoisotopic (exact) mass is 188 g/mol. The van der Waals surface area contributed by atoms with Gasteiger partial charge in [-0.1, -0.05) is 0 Å². The summed E-state index contributed by atoms with van der Waals surface area (Å²) in [5.74, 6) is 2.46. The Kier molecular flexibility index (Phi) is 4.46. The fourth-order valence-corrected chi connectivity index (χ4v) is 2.13. The molecule has 1 fully saturated rings. The molecule has 0 aliphatic carbocycles. The van der Waals surface area contributed by atoms with Crippen LogP contribution >= 0.6 is 11.8 Å². The Morgan fingerprint density at radius 1 is 1.42 bits per heavy atom. The fraction of sp³-hybridized carbons (Fsp3) is 0.875. The molecule has 0 spiro atoms. The number of amides is 1. The van der Waals surface area contributed by atoms with E-state index in [1.807, 2.05) is 16.7 Å². The van der Waals surface area contributed by atoms with E-state index in [4.69, 9.17) is 5.73 Å². The van der Waals surface area contributed by atoms with Gasteiger partial charge in [-0.2, -0.15) is 11.8 Å². The van der Waals surface area contributed by atoms with Crippen LogP contribution in [0.15, 0.2) is 0 Å². The van der Waals surface area contributed by atoms with Crippen molar-refractivity contribution in [2.75, 3.05) is 31.1 Å². The molecule has 12 heavy (non-hydrogen) atoms. The van der Waals surface area contributed by atoms with Gasteiger partial charge in [-0.15, -0.1) is 0 Å². The second kappa shape index (κ2) is 5.43. The molecule has 1 aliphatic heterocycles. The lowest BCUT2D eigenvalue weighted by Crippen LogP contribution is -2.37. The van der Waals surface area contributed by atoms with Gasteiger partial charge < -0.3 is 10.6 Å². The molecular formula is C8H16N2OS. The van der Waals surface area contributed by atoms with Gasteiger partial charge in [0.05, 0.1) is 0 Å². The van der Waals surface area contributed by atoms with E-state index >= 15 is 0 Å². The van der Waals surface area contributed by atoms with Crippen molar-refractivity contribution < 1.29 is 4.79 Å². The first-order valence-electron chi connectivity index (χ1n) is 4.40. The van der Waals surface area contributed by atoms with E-state index < -0.39 is 0 Å². The molecule has 0 aromatic rings. The molecule has 0 atom stereocenters. The van der Waals surface area contributed by atoms with Gasteiger partial charge in [0.15, 0.2) is 0 Å². The Morgan fingerprint density at radius 2 is 2.08 bits per heavy atom. The zero-order valence-corrected chi connectivity index (χ0v) is 8.11. The second-order valence-electron chi connectivity index (χ2n) is 2.89. The molecule has 0 aromatic heterocycles. The summed E-state index contributed by atoms with van der Waals surface area (Å²) in [6.07, 6.45) is 1.45. The van der Waals surface area contributed by atoms with Crippen molar-refractivity contribution in [3.05, 3.63) is 0 Å². The van der Waals surface area contributed by atoms with Crippen molar-refractivity contribution in [1.82, 2.24) is 4.90 Å². The summed E-state index contributed by atoms with van der Waals surface area (Å²) in [5, 5.41) is 0. The van der Waals surface area contributed by atoms with E-state index in [0.29, 0.717) is 13.0 Å². The number of nitrogens with two attached hydrogens (primary N) is 1. The highest BCUT2D eigenvalue weighted by Crippen LogP contribution is 2.10. The van der Waals surface area contributed by atoms with Crippen LogP contribution in [0.25, 0.3) is 0 Å². The minimum Gasteiger partial charge on any atom is -0.341 e. The molecule has 1 amide bonds. The first-order chi connectivity index (χ1) is 5.84. The van der Waals surface area contributed by atoms with Crippen LogP contribution in [-0.4, -0.2) is 41.9 Å². The minimum absolute atomic E-state index is 0.278. The number of thioether (sulfide) groups is 1. The molecule has 3 nitrogen and oxygen atoms in total. The maximum absolute atomic E-state index is 11.4. The van der Waals surface area contributed by atoms with E-state index in [9.17, 15) is 4.79 Å². The molecular weight excluding hydrogens is 172 g/mol. The Morgan fingerprint density at radius 3 is 2.67 bits per heavy atom. The standard InChI is InChI=1S/C8H16N2OS/c9-3-1-2-8(11)10-4-6-12-7-5-10/h1-7,9H2. The van der Waals surface area contributed by atoms with E-state index in [-0.39, 0.29) is 5.91 Å². The number of hydrogen-bond donors (Lipinski definition) is 1. The Hall–Kier alpha value is -0.220. The molecule has 0 saturated carbocycles. The molecule has 0 aromatic carbocycles. The number of carbonyl (C=O) groups excluding carboxylic acids is 1. The highest BCUT2D eigenvalue weighted by molar-refractivity contribution is 7.99. The first kappa shape index (κ1) is 9.86. The summed E-state index contributed by atoms with van der Waals surface area (Å²) in [4.78, 5) is 13.4. The number of hydrogen-bond acceptors (Lipinski definition) is 3. The predicted octanol–water partition coefficient (Wildman–Crippen LogP) is 0.301. The van der Waals surface area contributed by atoms with Gasteiger partial charge in [0.25, 0.3) is 0 Å². The van der Waals surface area contributed by atoms with Gasteiger partial charge in [0.1, 0.15) is 0 Å². The van der Waals surface area contributed by atoms with Gasteiger partial charge in [0.2, 0.25) is 5.91 Å². The van der Waals surface area contributed by atoms with Crippen molar-refractivity contribution in [2.45, 2.75) is 12.8 Å². The van der Waals surface area contributed by atoms with Crippen molar-refractivity contribution in [1.29, 1.82) is 0 Å². The van der Waals surface area contributed by atoms with Crippen molar-refractivity contribution in [2.24, 2.45) is 5.73 Å². The maximum atomic E-state index is 11.4. The van der Waals surface area contributed by atoms with Crippen LogP contribution < -0.4 is 5.73 Å². The van der Waals surface area contributed by atoms with E-state index in [1.54, 1.807) is 0 Å². The molecule has 1 heterocycles. The van der Waals surface area contributed by atoms with E-state index in [1.165, 1.54) is 0 Å². The minimum atomic E-state index is 0.278. The average Bonchev–Trinajstić information content (AvgIpc) is 2.15. The van der Waals surface area contributed by atoms with Crippen LogP contribution in [0.2, 0.25) is 0 Å². The highest BCUT2D eigenvalue weighted by Gasteiger charge is 2.15. The Balaban J connectivity index is 2.20. The zero-order chi connectivity index (χ0) is 8.81. The lowest BCUT2D eigenvalue weighted by atomic mass is 10.3. The quantitative estimate of drug-likeness (QED) is 0.693. The van der Waals surface area contributed by atoms with Gasteiger partial charge in [-0.25, -0.2) is 0 Å². The lowest BCUT2D eigenvalue weighted by molar-refractivity contribution is -0.130. The van der Waals surface area contributed by atoms with Crippen LogP contribution in [-0.2, 0) is 4.79 Å². The number of carbonyl (C=O) groups is 1. The molecule has 1 saturated heterocycles. The molecule has 0 bridgehead atoms. The van der Waals surface area contributed by atoms with E-state index in [0.717, 1.165) is 31.0 Å². The maximum Gasteiger partial charge on any atom is 0.222 e. The van der Waals surface area contributed by atoms with Crippen molar-refractivity contribution in [3.63, 3.8) is 0 Å². The number of nitrogens with zero attached hydrogens (tertiary/aromatic N) is 1. The molecule has 4 heteroatoms. The topological polar surface area (TPSA) is 46.3 Å². The molecule has 1 aliphatic rings. The highest BCUT2D eigenvalue weighted by atomic mass is 32.2.